The Morgan fingerprint density at radius 3 is 1.60 bits per heavy atom. The fourth-order valence-electron chi connectivity index (χ4n) is 4.55. The lowest BCUT2D eigenvalue weighted by Crippen LogP contribution is -2.37. The maximum atomic E-state index is 12.9. The second-order valence-corrected chi connectivity index (χ2v) is 15.1. The minimum Gasteiger partial charge on any atom is -0.452 e. The third kappa shape index (κ3) is 14.0. The minimum absolute atomic E-state index is 0.0150. The molecule has 0 heterocycles. The van der Waals surface area contributed by atoms with Gasteiger partial charge in [-0.2, -0.15) is 8.42 Å². The number of carbonyl (C=O) groups excluding carboxylic acids is 2. The first-order valence-electron chi connectivity index (χ1n) is 16.1. The van der Waals surface area contributed by atoms with Gasteiger partial charge in [0.25, 0.3) is 10.1 Å². The van der Waals surface area contributed by atoms with Crippen LogP contribution < -0.4 is 0 Å². The number of halogens is 4. The number of rotatable bonds is 17. The van der Waals surface area contributed by atoms with Crippen molar-refractivity contribution in [2.45, 2.75) is 68.6 Å². The summed E-state index contributed by atoms with van der Waals surface area (Å²) in [5, 5.41) is 7.42. The van der Waals surface area contributed by atoms with Gasteiger partial charge in [-0.1, -0.05) is 125 Å². The van der Waals surface area contributed by atoms with E-state index in [1.54, 1.807) is 68.4 Å². The lowest BCUT2D eigenvalue weighted by molar-refractivity contribution is 0.0161. The number of esters is 2. The van der Waals surface area contributed by atoms with Crippen LogP contribution in [0.4, 0.5) is 0 Å². The van der Waals surface area contributed by atoms with Gasteiger partial charge in [-0.25, -0.2) is 9.59 Å². The topological polar surface area (TPSA) is 139 Å². The third-order valence-electron chi connectivity index (χ3n) is 7.61. The van der Waals surface area contributed by atoms with Crippen molar-refractivity contribution in [2.24, 2.45) is 22.1 Å². The average molecular weight is 865 g/mol. The van der Waals surface area contributed by atoms with Crippen molar-refractivity contribution in [3.8, 4) is 0 Å². The van der Waals surface area contributed by atoms with E-state index in [9.17, 15) is 18.0 Å². The average Bonchev–Trinajstić information content (AvgIpc) is 3.15. The normalized spacial score (nSPS) is 15.0. The molecule has 0 amide bonds. The van der Waals surface area contributed by atoms with Crippen LogP contribution in [0, 0.1) is 11.8 Å². The fourth-order valence-corrected chi connectivity index (χ4v) is 7.04. The van der Waals surface area contributed by atoms with E-state index in [2.05, 4.69) is 38.0 Å². The number of hydrogen-bond acceptors (Lipinski definition) is 11. The molecule has 0 bridgehead atoms. The summed E-state index contributed by atoms with van der Waals surface area (Å²) in [6, 6.07) is 19.6. The Bertz CT molecular complexity index is 1740. The van der Waals surface area contributed by atoms with E-state index in [1.165, 1.54) is 32.7 Å². The van der Waals surface area contributed by atoms with Crippen molar-refractivity contribution in [1.82, 2.24) is 0 Å². The number of ether oxygens (including phenoxy) is 2. The van der Waals surface area contributed by atoms with Gasteiger partial charge in [-0.15, -0.1) is 0 Å². The molecule has 0 N–H and O–H groups in total. The van der Waals surface area contributed by atoms with Gasteiger partial charge in [0.1, 0.15) is 31.3 Å². The largest absolute Gasteiger partial charge is 0.452 e. The second-order valence-electron chi connectivity index (χ2n) is 11.2. The maximum Gasteiger partial charge on any atom is 0.338 e. The zero-order valence-electron chi connectivity index (χ0n) is 29.4. The van der Waals surface area contributed by atoms with Gasteiger partial charge >= 0.3 is 11.9 Å². The number of benzene rings is 3. The van der Waals surface area contributed by atoms with Crippen LogP contribution in [0.3, 0.4) is 0 Å². The summed E-state index contributed by atoms with van der Waals surface area (Å²) in [6.45, 7) is 7.48. The number of oxime groups is 2. The van der Waals surface area contributed by atoms with Crippen molar-refractivity contribution in [3.63, 3.8) is 0 Å². The highest BCUT2D eigenvalue weighted by atomic mass is 79.9. The standard InChI is InChI=1S/C21H22Cl3NO6S.C15H20BrNO3/c1-4-18(31-32(27,28)20-11-16(23)15(22)10-17(20)24)13(2)19(12-25-29-3)30-21(26)14-8-6-5-7-9-14;1-4-13(16)11(2)14(10-17-19-3)20-15(18)12-8-6-5-7-9-12/h5-13,18-19H,4H2,1-3H3;5-11,13-14H,4H2,1-3H3/t13-,18-,19+;11-,13+,14+/m11/s1. The summed E-state index contributed by atoms with van der Waals surface area (Å²) in [5.41, 5.74) is 0.859. The number of carbonyl (C=O) groups is 2. The summed E-state index contributed by atoms with van der Waals surface area (Å²) in [6.07, 6.45) is 1.74. The molecule has 0 unspecified atom stereocenters. The van der Waals surface area contributed by atoms with Crippen molar-refractivity contribution in [3.05, 3.63) is 99.0 Å². The van der Waals surface area contributed by atoms with E-state index in [0.717, 1.165) is 12.5 Å². The number of nitrogens with zero attached hydrogens (tertiary/aromatic N) is 2. The monoisotopic (exact) mass is 862 g/mol. The number of alkyl halides is 1. The van der Waals surface area contributed by atoms with Crippen molar-refractivity contribution in [2.75, 3.05) is 14.2 Å². The van der Waals surface area contributed by atoms with Crippen molar-refractivity contribution >= 4 is 85.2 Å². The zero-order chi connectivity index (χ0) is 38.8. The highest BCUT2D eigenvalue weighted by molar-refractivity contribution is 9.09. The molecular weight excluding hydrogens is 823 g/mol. The molecule has 0 aliphatic heterocycles. The quantitative estimate of drug-likeness (QED) is 0.0325. The van der Waals surface area contributed by atoms with Crippen LogP contribution in [0.1, 0.15) is 61.3 Å². The first-order valence-corrected chi connectivity index (χ1v) is 19.5. The molecular formula is C36H42BrCl3N2O9S. The highest BCUT2D eigenvalue weighted by Gasteiger charge is 2.33. The molecule has 3 aromatic carbocycles. The third-order valence-corrected chi connectivity index (χ3v) is 11.6. The van der Waals surface area contributed by atoms with E-state index in [1.807, 2.05) is 13.0 Å². The predicted octanol–water partition coefficient (Wildman–Crippen LogP) is 9.28. The molecule has 3 rings (SSSR count). The molecule has 52 heavy (non-hydrogen) atoms. The van der Waals surface area contributed by atoms with Gasteiger partial charge in [0.2, 0.25) is 0 Å². The summed E-state index contributed by atoms with van der Waals surface area (Å²) < 4.78 is 42.3. The van der Waals surface area contributed by atoms with E-state index in [-0.39, 0.29) is 43.1 Å². The Labute approximate surface area is 328 Å². The molecule has 6 atom stereocenters. The summed E-state index contributed by atoms with van der Waals surface area (Å²) in [4.78, 5) is 33.9. The predicted molar refractivity (Wildman–Crippen MR) is 207 cm³/mol. The molecule has 0 aliphatic carbocycles. The molecule has 0 radical (unpaired) electrons. The minimum atomic E-state index is -4.31. The lowest BCUT2D eigenvalue weighted by atomic mass is 9.97. The van der Waals surface area contributed by atoms with E-state index in [0.29, 0.717) is 11.1 Å². The number of hydrogen-bond donors (Lipinski definition) is 0. The van der Waals surface area contributed by atoms with Gasteiger partial charge in [-0.05, 0) is 49.2 Å². The first-order chi connectivity index (χ1) is 24.7. The summed E-state index contributed by atoms with van der Waals surface area (Å²) in [7, 11) is -1.52. The van der Waals surface area contributed by atoms with Crippen LogP contribution >= 0.6 is 50.7 Å². The van der Waals surface area contributed by atoms with E-state index >= 15 is 0 Å². The van der Waals surface area contributed by atoms with E-state index < -0.39 is 40.3 Å². The Morgan fingerprint density at radius 2 is 1.17 bits per heavy atom. The van der Waals surface area contributed by atoms with Crippen LogP contribution in [0.25, 0.3) is 0 Å². The molecule has 0 aromatic heterocycles. The molecule has 284 valence electrons. The van der Waals surface area contributed by atoms with Gasteiger partial charge < -0.3 is 19.1 Å². The first kappa shape index (κ1) is 45.0. The summed E-state index contributed by atoms with van der Waals surface area (Å²) >= 11 is 21.5. The van der Waals surface area contributed by atoms with Crippen LogP contribution in [0.2, 0.25) is 15.1 Å². The SMILES string of the molecule is CC[C@@H](OS(=O)(=O)c1cc(Cl)c(Cl)cc1Cl)[C@@H](C)[C@H](C=NOC)OC(=O)c1ccccc1.CC[C@H](Br)[C@@H](C)[C@H](C=NOC)OC(=O)c1ccccc1. The Balaban J connectivity index is 0.000000402. The Hall–Kier alpha value is -3.20. The molecule has 0 saturated heterocycles. The lowest BCUT2D eigenvalue weighted by Gasteiger charge is -2.27. The molecule has 0 spiro atoms. The molecule has 11 nitrogen and oxygen atoms in total. The van der Waals surface area contributed by atoms with Gasteiger partial charge in [0, 0.05) is 16.7 Å². The van der Waals surface area contributed by atoms with Crippen LogP contribution in [0.5, 0.6) is 0 Å². The van der Waals surface area contributed by atoms with Gasteiger partial charge in [0.05, 0.1) is 44.7 Å². The summed E-state index contributed by atoms with van der Waals surface area (Å²) in [5.74, 6) is -1.49. The van der Waals surface area contributed by atoms with Gasteiger partial charge in [0.15, 0.2) is 0 Å². The van der Waals surface area contributed by atoms with Crippen LogP contribution in [-0.4, -0.2) is 70.1 Å². The second kappa shape index (κ2) is 22.8. The molecule has 3 aromatic rings. The van der Waals surface area contributed by atoms with E-state index in [4.69, 9.17) is 53.3 Å². The van der Waals surface area contributed by atoms with Crippen molar-refractivity contribution in [1.29, 1.82) is 0 Å². The van der Waals surface area contributed by atoms with Crippen LogP contribution in [0.15, 0.2) is 88.0 Å². The highest BCUT2D eigenvalue weighted by Crippen LogP contribution is 2.34. The molecule has 0 aliphatic rings. The Morgan fingerprint density at radius 1 is 0.731 bits per heavy atom. The van der Waals surface area contributed by atoms with Crippen LogP contribution in [-0.2, 0) is 33.5 Å². The fraction of sp³-hybridized carbons (Fsp3) is 0.389. The molecule has 16 heteroatoms. The Kier molecular flexibility index (Phi) is 19.7. The molecule has 0 fully saturated rings. The van der Waals surface area contributed by atoms with Crippen molar-refractivity contribution < 1.29 is 41.3 Å². The molecule has 0 saturated carbocycles. The zero-order valence-corrected chi connectivity index (χ0v) is 34.1. The maximum absolute atomic E-state index is 12.9. The van der Waals surface area contributed by atoms with Gasteiger partial charge in [-0.3, -0.25) is 4.18 Å². The smallest absolute Gasteiger partial charge is 0.338 e.